The molecule has 0 radical (unpaired) electrons. The fourth-order valence-corrected chi connectivity index (χ4v) is 4.91. The van der Waals surface area contributed by atoms with Gasteiger partial charge < -0.3 is 9.64 Å². The van der Waals surface area contributed by atoms with Crippen LogP contribution in [0, 0.1) is 11.3 Å². The van der Waals surface area contributed by atoms with Gasteiger partial charge in [0.1, 0.15) is 11.6 Å². The number of ether oxygens (including phenoxy) is 1. The smallest absolute Gasteiger partial charge is 0.137 e. The van der Waals surface area contributed by atoms with Crippen LogP contribution in [0.4, 0.5) is 5.82 Å². The molecule has 1 fully saturated rings. The molecule has 3 heterocycles. The second-order valence-electron chi connectivity index (χ2n) is 9.27. The van der Waals surface area contributed by atoms with E-state index in [-0.39, 0.29) is 0 Å². The molecule has 2 atom stereocenters. The first-order valence-electron chi connectivity index (χ1n) is 11.9. The number of para-hydroxylation sites is 1. The summed E-state index contributed by atoms with van der Waals surface area (Å²) in [6.45, 7) is 6.45. The lowest BCUT2D eigenvalue weighted by Gasteiger charge is -2.43. The number of hydrogen-bond donors (Lipinski definition) is 0. The van der Waals surface area contributed by atoms with E-state index in [2.05, 4.69) is 48.9 Å². The summed E-state index contributed by atoms with van der Waals surface area (Å²) < 4.78 is 5.90. The molecule has 4 aromatic rings. The monoisotopic (exact) mass is 463 g/mol. The van der Waals surface area contributed by atoms with Crippen molar-refractivity contribution in [2.75, 3.05) is 32.1 Å². The molecular weight excluding hydrogens is 434 g/mol. The molecule has 0 aliphatic carbocycles. The van der Waals surface area contributed by atoms with Crippen molar-refractivity contribution in [2.45, 2.75) is 25.9 Å². The predicted molar refractivity (Wildman–Crippen MR) is 141 cm³/mol. The summed E-state index contributed by atoms with van der Waals surface area (Å²) in [6, 6.07) is 21.0. The van der Waals surface area contributed by atoms with Gasteiger partial charge in [0.2, 0.25) is 0 Å². The van der Waals surface area contributed by atoms with E-state index in [1.165, 1.54) is 0 Å². The zero-order valence-corrected chi connectivity index (χ0v) is 20.6. The second kappa shape index (κ2) is 9.36. The fourth-order valence-electron chi connectivity index (χ4n) is 4.91. The highest BCUT2D eigenvalue weighted by atomic mass is 16.5. The largest absolute Gasteiger partial charge is 0.495 e. The van der Waals surface area contributed by atoms with Crippen LogP contribution < -0.4 is 9.64 Å². The first kappa shape index (κ1) is 22.8. The van der Waals surface area contributed by atoms with E-state index in [0.717, 1.165) is 57.8 Å². The van der Waals surface area contributed by atoms with Crippen molar-refractivity contribution in [1.82, 2.24) is 14.9 Å². The normalized spacial score (nSPS) is 18.4. The van der Waals surface area contributed by atoms with Crippen molar-refractivity contribution in [3.8, 4) is 34.1 Å². The summed E-state index contributed by atoms with van der Waals surface area (Å²) in [6.07, 6.45) is 3.78. The summed E-state index contributed by atoms with van der Waals surface area (Å²) >= 11 is 0. The van der Waals surface area contributed by atoms with Crippen LogP contribution in [0.1, 0.15) is 19.4 Å². The number of fused-ring (bicyclic) bond motifs is 1. The van der Waals surface area contributed by atoms with Crippen LogP contribution in [-0.4, -0.2) is 54.2 Å². The maximum Gasteiger partial charge on any atom is 0.137 e. The van der Waals surface area contributed by atoms with Crippen LogP contribution >= 0.6 is 0 Å². The van der Waals surface area contributed by atoms with Gasteiger partial charge in [-0.15, -0.1) is 0 Å². The molecule has 1 aliphatic heterocycles. The van der Waals surface area contributed by atoms with Crippen molar-refractivity contribution in [1.29, 1.82) is 5.26 Å². The Bertz CT molecular complexity index is 1380. The third kappa shape index (κ3) is 4.20. The molecular formula is C29H29N5O. The Morgan fingerprint density at radius 2 is 1.60 bits per heavy atom. The lowest BCUT2D eigenvalue weighted by atomic mass is 9.98. The molecule has 6 heteroatoms. The number of pyridine rings is 2. The molecule has 35 heavy (non-hydrogen) atoms. The minimum Gasteiger partial charge on any atom is -0.495 e. The summed E-state index contributed by atoms with van der Waals surface area (Å²) in [5.74, 6) is 1.78. The van der Waals surface area contributed by atoms with Crippen LogP contribution in [0.2, 0.25) is 0 Å². The molecule has 2 aromatic carbocycles. The Balaban J connectivity index is 1.51. The van der Waals surface area contributed by atoms with Gasteiger partial charge in [0.25, 0.3) is 0 Å². The molecule has 6 nitrogen and oxygen atoms in total. The van der Waals surface area contributed by atoms with Gasteiger partial charge in [0.15, 0.2) is 0 Å². The molecule has 176 valence electrons. The highest BCUT2D eigenvalue weighted by molar-refractivity contribution is 6.00. The molecule has 0 bridgehead atoms. The molecule has 5 rings (SSSR count). The molecule has 0 N–H and O–H groups in total. The lowest BCUT2D eigenvalue weighted by Crippen LogP contribution is -2.55. The number of rotatable bonds is 4. The zero-order valence-electron chi connectivity index (χ0n) is 20.6. The molecule has 1 aliphatic rings. The lowest BCUT2D eigenvalue weighted by molar-refractivity contribution is 0.169. The number of aromatic nitrogens is 2. The second-order valence-corrected chi connectivity index (χ2v) is 9.27. The van der Waals surface area contributed by atoms with Crippen LogP contribution in [0.3, 0.4) is 0 Å². The van der Waals surface area contributed by atoms with Crippen molar-refractivity contribution in [3.05, 3.63) is 72.6 Å². The standard InChI is InChI=1S/C29H29N5O/c1-19-17-34(18-20(2)33(19)3)27-13-12-23(15-31-27)26-16-32-28-24(6-5-7-25(28)29(26)35-4)22-10-8-21(14-30)9-11-22/h5-13,15-16,19-20H,17-18H2,1-4H3. The average molecular weight is 464 g/mol. The van der Waals surface area contributed by atoms with E-state index < -0.39 is 0 Å². The minimum absolute atomic E-state index is 0.482. The summed E-state index contributed by atoms with van der Waals surface area (Å²) in [7, 11) is 3.89. The topological polar surface area (TPSA) is 65.3 Å². The molecule has 0 amide bonds. The zero-order chi connectivity index (χ0) is 24.5. The summed E-state index contributed by atoms with van der Waals surface area (Å²) in [5.41, 5.74) is 5.40. The number of nitrogens with zero attached hydrogens (tertiary/aromatic N) is 5. The quantitative estimate of drug-likeness (QED) is 0.405. The number of hydrogen-bond acceptors (Lipinski definition) is 6. The number of benzene rings is 2. The maximum absolute atomic E-state index is 9.11. The minimum atomic E-state index is 0.482. The van der Waals surface area contributed by atoms with Crippen LogP contribution in [0.25, 0.3) is 33.2 Å². The molecule has 2 unspecified atom stereocenters. The fraction of sp³-hybridized carbons (Fsp3) is 0.276. The average Bonchev–Trinajstić information content (AvgIpc) is 2.90. The van der Waals surface area contributed by atoms with Gasteiger partial charge in [-0.3, -0.25) is 9.88 Å². The van der Waals surface area contributed by atoms with Crippen LogP contribution in [0.15, 0.2) is 67.0 Å². The maximum atomic E-state index is 9.11. The van der Waals surface area contributed by atoms with E-state index in [1.807, 2.05) is 54.9 Å². The van der Waals surface area contributed by atoms with Gasteiger partial charge in [-0.05, 0) is 56.8 Å². The number of methoxy groups -OCH3 is 1. The Morgan fingerprint density at radius 3 is 2.23 bits per heavy atom. The highest BCUT2D eigenvalue weighted by Gasteiger charge is 2.27. The van der Waals surface area contributed by atoms with E-state index in [0.29, 0.717) is 17.6 Å². The van der Waals surface area contributed by atoms with Crippen molar-refractivity contribution in [2.24, 2.45) is 0 Å². The first-order chi connectivity index (χ1) is 17.0. The number of nitriles is 1. The van der Waals surface area contributed by atoms with E-state index >= 15 is 0 Å². The molecule has 0 saturated carbocycles. The van der Waals surface area contributed by atoms with E-state index in [1.54, 1.807) is 7.11 Å². The van der Waals surface area contributed by atoms with Gasteiger partial charge in [0, 0.05) is 59.6 Å². The Morgan fingerprint density at radius 1 is 0.886 bits per heavy atom. The van der Waals surface area contributed by atoms with Crippen molar-refractivity contribution < 1.29 is 4.74 Å². The Kier molecular flexibility index (Phi) is 6.10. The Labute approximate surface area is 206 Å². The van der Waals surface area contributed by atoms with Crippen molar-refractivity contribution >= 4 is 16.7 Å². The molecule has 2 aromatic heterocycles. The van der Waals surface area contributed by atoms with Crippen molar-refractivity contribution in [3.63, 3.8) is 0 Å². The van der Waals surface area contributed by atoms with Gasteiger partial charge in [0.05, 0.1) is 24.3 Å². The number of likely N-dealkylation sites (N-methyl/N-ethyl adjacent to an activating group) is 1. The molecule has 0 spiro atoms. The van der Waals surface area contributed by atoms with Crippen LogP contribution in [0.5, 0.6) is 5.75 Å². The molecule has 1 saturated heterocycles. The number of anilines is 1. The van der Waals surface area contributed by atoms with E-state index in [4.69, 9.17) is 20.0 Å². The van der Waals surface area contributed by atoms with Gasteiger partial charge in [-0.2, -0.15) is 5.26 Å². The van der Waals surface area contributed by atoms with Gasteiger partial charge in [-0.25, -0.2) is 4.98 Å². The van der Waals surface area contributed by atoms with Gasteiger partial charge >= 0.3 is 0 Å². The summed E-state index contributed by atoms with van der Waals surface area (Å²) in [4.78, 5) is 14.4. The first-order valence-corrected chi connectivity index (χ1v) is 11.9. The number of piperazine rings is 1. The Hall–Kier alpha value is -3.95. The third-order valence-corrected chi connectivity index (χ3v) is 7.12. The SMILES string of the molecule is COc1c(-c2ccc(N3CC(C)N(C)C(C)C3)nc2)cnc2c(-c3ccc(C#N)cc3)cccc12. The highest BCUT2D eigenvalue weighted by Crippen LogP contribution is 2.39. The van der Waals surface area contributed by atoms with Crippen LogP contribution in [-0.2, 0) is 0 Å². The summed E-state index contributed by atoms with van der Waals surface area (Å²) in [5, 5.41) is 10.1. The predicted octanol–water partition coefficient (Wildman–Crippen LogP) is 5.37. The van der Waals surface area contributed by atoms with E-state index in [9.17, 15) is 0 Å². The third-order valence-electron chi connectivity index (χ3n) is 7.12. The van der Waals surface area contributed by atoms with Gasteiger partial charge in [-0.1, -0.05) is 24.3 Å².